The van der Waals surface area contributed by atoms with Crippen molar-refractivity contribution < 1.29 is 14.3 Å². The molecule has 118 valence electrons. The zero-order valence-corrected chi connectivity index (χ0v) is 12.9. The zero-order valence-electron chi connectivity index (χ0n) is 12.9. The zero-order chi connectivity index (χ0) is 16.4. The van der Waals surface area contributed by atoms with Crippen molar-refractivity contribution in [3.8, 4) is 5.75 Å². The van der Waals surface area contributed by atoms with Gasteiger partial charge in [0.25, 0.3) is 5.91 Å². The lowest BCUT2D eigenvalue weighted by atomic mass is 9.98. The van der Waals surface area contributed by atoms with Crippen LogP contribution in [0.2, 0.25) is 0 Å². The van der Waals surface area contributed by atoms with Gasteiger partial charge in [-0.1, -0.05) is 12.1 Å². The monoisotopic (exact) mass is 310 g/mol. The van der Waals surface area contributed by atoms with Gasteiger partial charge in [-0.25, -0.2) is 0 Å². The summed E-state index contributed by atoms with van der Waals surface area (Å²) in [6.07, 6.45) is 0.811. The SMILES string of the molecule is CC(=O)Oc1cccc(C(=O)N2CCc3ccc(N)cc3C2)c1. The summed E-state index contributed by atoms with van der Waals surface area (Å²) in [5, 5.41) is 0. The molecule has 1 amide bonds. The van der Waals surface area contributed by atoms with Crippen molar-refractivity contribution in [2.24, 2.45) is 0 Å². The number of ether oxygens (including phenoxy) is 1. The van der Waals surface area contributed by atoms with Crippen LogP contribution in [0.3, 0.4) is 0 Å². The first-order valence-electron chi connectivity index (χ1n) is 7.48. The molecule has 2 aromatic carbocycles. The molecule has 0 atom stereocenters. The lowest BCUT2D eigenvalue weighted by Crippen LogP contribution is -2.36. The number of nitrogens with two attached hydrogens (primary N) is 1. The fraction of sp³-hybridized carbons (Fsp3) is 0.222. The summed E-state index contributed by atoms with van der Waals surface area (Å²) in [5.41, 5.74) is 9.36. The highest BCUT2D eigenvalue weighted by Gasteiger charge is 2.22. The van der Waals surface area contributed by atoms with Crippen LogP contribution < -0.4 is 10.5 Å². The number of esters is 1. The maximum Gasteiger partial charge on any atom is 0.308 e. The van der Waals surface area contributed by atoms with Gasteiger partial charge in [-0.2, -0.15) is 0 Å². The van der Waals surface area contributed by atoms with Gasteiger partial charge < -0.3 is 15.4 Å². The highest BCUT2D eigenvalue weighted by molar-refractivity contribution is 5.95. The molecule has 2 N–H and O–H groups in total. The van der Waals surface area contributed by atoms with Gasteiger partial charge in [0.2, 0.25) is 0 Å². The summed E-state index contributed by atoms with van der Waals surface area (Å²) in [5.74, 6) is -0.103. The summed E-state index contributed by atoms with van der Waals surface area (Å²) in [6, 6.07) is 12.5. The van der Waals surface area contributed by atoms with E-state index in [2.05, 4.69) is 0 Å². The average Bonchev–Trinajstić information content (AvgIpc) is 2.53. The molecule has 1 aliphatic heterocycles. The third-order valence-electron chi connectivity index (χ3n) is 3.87. The van der Waals surface area contributed by atoms with Gasteiger partial charge in [-0.05, 0) is 47.9 Å². The molecule has 0 spiro atoms. The second kappa shape index (κ2) is 6.12. The first-order valence-corrected chi connectivity index (χ1v) is 7.48. The molecule has 5 nitrogen and oxygen atoms in total. The Morgan fingerprint density at radius 1 is 1.13 bits per heavy atom. The van der Waals surface area contributed by atoms with E-state index in [1.54, 1.807) is 29.2 Å². The van der Waals surface area contributed by atoms with Crippen molar-refractivity contribution in [2.45, 2.75) is 19.9 Å². The molecule has 0 radical (unpaired) electrons. The maximum absolute atomic E-state index is 12.7. The number of amides is 1. The van der Waals surface area contributed by atoms with Gasteiger partial charge in [0.05, 0.1) is 0 Å². The Bertz CT molecular complexity index is 771. The van der Waals surface area contributed by atoms with Gasteiger partial charge in [-0.3, -0.25) is 9.59 Å². The minimum atomic E-state index is -0.406. The van der Waals surface area contributed by atoms with Crippen LogP contribution in [0.25, 0.3) is 0 Å². The number of fused-ring (bicyclic) bond motifs is 1. The van der Waals surface area contributed by atoms with Crippen molar-refractivity contribution in [2.75, 3.05) is 12.3 Å². The number of carbonyl (C=O) groups excluding carboxylic acids is 2. The van der Waals surface area contributed by atoms with Gasteiger partial charge in [-0.15, -0.1) is 0 Å². The second-order valence-electron chi connectivity index (χ2n) is 5.63. The lowest BCUT2D eigenvalue weighted by Gasteiger charge is -2.29. The Hall–Kier alpha value is -2.82. The smallest absolute Gasteiger partial charge is 0.308 e. The molecule has 3 rings (SSSR count). The molecule has 1 aliphatic rings. The van der Waals surface area contributed by atoms with Crippen LogP contribution in [0.4, 0.5) is 5.69 Å². The lowest BCUT2D eigenvalue weighted by molar-refractivity contribution is -0.131. The van der Waals surface area contributed by atoms with Gasteiger partial charge in [0.1, 0.15) is 5.75 Å². The number of rotatable bonds is 2. The topological polar surface area (TPSA) is 72.6 Å². The summed E-state index contributed by atoms with van der Waals surface area (Å²) in [4.78, 5) is 25.5. The molecule has 0 aliphatic carbocycles. The van der Waals surface area contributed by atoms with Gasteiger partial charge in [0.15, 0.2) is 0 Å². The third kappa shape index (κ3) is 3.34. The number of anilines is 1. The van der Waals surface area contributed by atoms with E-state index in [1.165, 1.54) is 12.5 Å². The van der Waals surface area contributed by atoms with Crippen LogP contribution in [0.5, 0.6) is 5.75 Å². The van der Waals surface area contributed by atoms with E-state index in [4.69, 9.17) is 10.5 Å². The van der Waals surface area contributed by atoms with Crippen molar-refractivity contribution >= 4 is 17.6 Å². The van der Waals surface area contributed by atoms with Crippen LogP contribution in [-0.4, -0.2) is 23.3 Å². The normalized spacial score (nSPS) is 13.3. The van der Waals surface area contributed by atoms with Crippen LogP contribution >= 0.6 is 0 Å². The standard InChI is InChI=1S/C18H18N2O3/c1-12(21)23-17-4-2-3-14(10-17)18(22)20-8-7-13-5-6-16(19)9-15(13)11-20/h2-6,9-10H,7-8,11,19H2,1H3. The minimum absolute atomic E-state index is 0.0768. The van der Waals surface area contributed by atoms with Crippen molar-refractivity contribution in [3.63, 3.8) is 0 Å². The number of hydrogen-bond acceptors (Lipinski definition) is 4. The number of benzene rings is 2. The fourth-order valence-electron chi connectivity index (χ4n) is 2.79. The van der Waals surface area contributed by atoms with Crippen molar-refractivity contribution in [1.29, 1.82) is 0 Å². The molecule has 0 fully saturated rings. The minimum Gasteiger partial charge on any atom is -0.427 e. The van der Waals surface area contributed by atoms with Gasteiger partial charge >= 0.3 is 5.97 Å². The average molecular weight is 310 g/mol. The molecule has 0 saturated heterocycles. The molecule has 2 aromatic rings. The molecular formula is C18H18N2O3. The molecule has 23 heavy (non-hydrogen) atoms. The largest absolute Gasteiger partial charge is 0.427 e. The van der Waals surface area contributed by atoms with E-state index in [0.717, 1.165) is 12.0 Å². The Balaban J connectivity index is 1.80. The van der Waals surface area contributed by atoms with Gasteiger partial charge in [0, 0.05) is 31.3 Å². The van der Waals surface area contributed by atoms with E-state index in [0.29, 0.717) is 30.1 Å². The summed E-state index contributed by atoms with van der Waals surface area (Å²) < 4.78 is 5.04. The predicted molar refractivity (Wildman–Crippen MR) is 87.0 cm³/mol. The number of nitrogens with zero attached hydrogens (tertiary/aromatic N) is 1. The molecule has 0 bridgehead atoms. The van der Waals surface area contributed by atoms with Crippen LogP contribution in [0.1, 0.15) is 28.4 Å². The third-order valence-corrected chi connectivity index (χ3v) is 3.87. The predicted octanol–water partition coefficient (Wildman–Crippen LogP) is 2.39. The molecular weight excluding hydrogens is 292 g/mol. The van der Waals surface area contributed by atoms with Crippen LogP contribution in [0, 0.1) is 0 Å². The highest BCUT2D eigenvalue weighted by atomic mass is 16.5. The first kappa shape index (κ1) is 15.1. The molecule has 0 aromatic heterocycles. The van der Waals surface area contributed by atoms with Crippen molar-refractivity contribution in [3.05, 3.63) is 59.2 Å². The van der Waals surface area contributed by atoms with E-state index in [-0.39, 0.29) is 5.91 Å². The Kier molecular flexibility index (Phi) is 4.02. The van der Waals surface area contributed by atoms with Crippen LogP contribution in [0.15, 0.2) is 42.5 Å². The molecule has 5 heteroatoms. The Labute approximate surface area is 134 Å². The Morgan fingerprint density at radius 2 is 1.96 bits per heavy atom. The van der Waals surface area contributed by atoms with E-state index < -0.39 is 5.97 Å². The molecule has 0 saturated carbocycles. The molecule has 1 heterocycles. The van der Waals surface area contributed by atoms with Crippen LogP contribution in [-0.2, 0) is 17.8 Å². The number of nitrogen functional groups attached to an aromatic ring is 1. The van der Waals surface area contributed by atoms with Crippen molar-refractivity contribution in [1.82, 2.24) is 4.90 Å². The highest BCUT2D eigenvalue weighted by Crippen LogP contribution is 2.23. The summed E-state index contributed by atoms with van der Waals surface area (Å²) in [6.45, 7) is 2.53. The van der Waals surface area contributed by atoms with E-state index in [9.17, 15) is 9.59 Å². The van der Waals surface area contributed by atoms with E-state index in [1.807, 2.05) is 18.2 Å². The Morgan fingerprint density at radius 3 is 2.74 bits per heavy atom. The summed E-state index contributed by atoms with van der Waals surface area (Å²) in [7, 11) is 0. The maximum atomic E-state index is 12.7. The second-order valence-corrected chi connectivity index (χ2v) is 5.63. The quantitative estimate of drug-likeness (QED) is 0.525. The summed E-state index contributed by atoms with van der Waals surface area (Å²) >= 11 is 0. The first-order chi connectivity index (χ1) is 11.0. The fourth-order valence-corrected chi connectivity index (χ4v) is 2.79. The number of carbonyl (C=O) groups is 2. The molecule has 0 unspecified atom stereocenters. The van der Waals surface area contributed by atoms with E-state index >= 15 is 0 Å². The number of hydrogen-bond donors (Lipinski definition) is 1.